The molecule has 0 fully saturated rings. The quantitative estimate of drug-likeness (QED) is 0.597. The van der Waals surface area contributed by atoms with E-state index in [4.69, 9.17) is 0 Å². The summed E-state index contributed by atoms with van der Waals surface area (Å²) in [5, 5.41) is 3.68. The number of aromatic nitrogens is 2. The molecule has 1 aromatic heterocycles. The molecule has 2 heterocycles. The number of nitrogens with zero attached hydrogens (tertiary/aromatic N) is 2. The average molecular weight is 190 g/mol. The lowest BCUT2D eigenvalue weighted by Crippen LogP contribution is -2.28. The van der Waals surface area contributed by atoms with E-state index < -0.39 is 10.4 Å². The third-order valence-corrected chi connectivity index (χ3v) is 2.16. The summed E-state index contributed by atoms with van der Waals surface area (Å²) >= 11 is 0. The van der Waals surface area contributed by atoms with Crippen LogP contribution in [0, 0.1) is 0 Å². The van der Waals surface area contributed by atoms with Gasteiger partial charge in [-0.05, 0) is 6.42 Å². The number of rotatable bonds is 1. The minimum atomic E-state index is -3.92. The van der Waals surface area contributed by atoms with Crippen molar-refractivity contribution in [3.63, 3.8) is 0 Å². The van der Waals surface area contributed by atoms with Crippen molar-refractivity contribution in [3.05, 3.63) is 11.8 Å². The van der Waals surface area contributed by atoms with E-state index in [2.05, 4.69) is 13.6 Å². The summed E-state index contributed by atoms with van der Waals surface area (Å²) < 4.78 is 30.3. The smallest absolute Gasteiger partial charge is 0.329 e. The first-order valence-corrected chi connectivity index (χ1v) is 4.67. The molecule has 12 heavy (non-hydrogen) atoms. The molecule has 0 aliphatic carbocycles. The van der Waals surface area contributed by atoms with Crippen LogP contribution in [0.3, 0.4) is 0 Å². The Labute approximate surface area is 69.0 Å². The highest BCUT2D eigenvalue weighted by molar-refractivity contribution is 7.82. The first-order valence-electron chi connectivity index (χ1n) is 3.33. The lowest BCUT2D eigenvalue weighted by Gasteiger charge is -2.07. The molecule has 1 aromatic rings. The van der Waals surface area contributed by atoms with Gasteiger partial charge in [-0.1, -0.05) is 16.9 Å². The molecule has 6 nitrogen and oxygen atoms in total. The zero-order chi connectivity index (χ0) is 8.77. The topological polar surface area (TPSA) is 70.4 Å². The third kappa shape index (κ3) is 1.02. The van der Waals surface area contributed by atoms with Crippen molar-refractivity contribution in [2.45, 2.75) is 13.3 Å². The maximum absolute atomic E-state index is 10.8. The molecule has 1 aliphatic heterocycles. The van der Waals surface area contributed by atoms with Crippen LogP contribution in [0.2, 0.25) is 0 Å². The summed E-state index contributed by atoms with van der Waals surface area (Å²) in [7, 11) is -3.92. The molecular weight excluding hydrogens is 184 g/mol. The zero-order valence-corrected chi connectivity index (χ0v) is 7.04. The number of hydrogen-bond acceptors (Lipinski definition) is 5. The van der Waals surface area contributed by atoms with Crippen LogP contribution in [0.15, 0.2) is 6.20 Å². The van der Waals surface area contributed by atoms with Gasteiger partial charge in [-0.15, -0.1) is 8.42 Å². The largest absolute Gasteiger partial charge is 0.523 e. The van der Waals surface area contributed by atoms with Gasteiger partial charge < -0.3 is 4.18 Å². The molecule has 0 N–H and O–H groups in total. The van der Waals surface area contributed by atoms with E-state index in [0.29, 0.717) is 12.0 Å². The average Bonchev–Trinajstić information content (AvgIpc) is 2.24. The second kappa shape index (κ2) is 2.13. The second-order valence-electron chi connectivity index (χ2n) is 2.28. The summed E-state index contributed by atoms with van der Waals surface area (Å²) in [6.45, 7) is 1.87. The van der Waals surface area contributed by atoms with Gasteiger partial charge in [0.15, 0.2) is 0 Å². The van der Waals surface area contributed by atoms with Crippen molar-refractivity contribution in [2.75, 3.05) is 0 Å². The van der Waals surface area contributed by atoms with Crippen molar-refractivity contribution >= 4 is 10.4 Å². The van der Waals surface area contributed by atoms with Crippen LogP contribution < -0.4 is 8.47 Å². The fourth-order valence-electron chi connectivity index (χ4n) is 0.927. The monoisotopic (exact) mass is 190 g/mol. The summed E-state index contributed by atoms with van der Waals surface area (Å²) in [5.74, 6) is 0.101. The van der Waals surface area contributed by atoms with Gasteiger partial charge in [0.05, 0.1) is 6.20 Å². The van der Waals surface area contributed by atoms with Gasteiger partial charge >= 0.3 is 10.4 Å². The second-order valence-corrected chi connectivity index (χ2v) is 3.41. The van der Waals surface area contributed by atoms with Crippen LogP contribution >= 0.6 is 0 Å². The molecular formula is C5H6N2O4S. The number of aryl methyl sites for hydroxylation is 1. The summed E-state index contributed by atoms with van der Waals surface area (Å²) in [6.07, 6.45) is 2.12. The minimum Gasteiger partial charge on any atom is -0.329 e. The Bertz CT molecular complexity index is 407. The third-order valence-electron chi connectivity index (χ3n) is 1.46. The van der Waals surface area contributed by atoms with Crippen molar-refractivity contribution in [3.8, 4) is 5.88 Å². The molecule has 0 unspecified atom stereocenters. The van der Waals surface area contributed by atoms with Gasteiger partial charge in [-0.3, -0.25) is 0 Å². The van der Waals surface area contributed by atoms with Crippen molar-refractivity contribution in [2.24, 2.45) is 0 Å². The van der Waals surface area contributed by atoms with Crippen LogP contribution in [0.5, 0.6) is 5.88 Å². The Hall–Kier alpha value is -1.24. The summed E-state index contributed by atoms with van der Waals surface area (Å²) in [4.78, 5) is 0.882. The van der Waals surface area contributed by atoms with Crippen molar-refractivity contribution in [1.29, 1.82) is 0 Å². The van der Waals surface area contributed by atoms with E-state index in [1.165, 1.54) is 6.20 Å². The lowest BCUT2D eigenvalue weighted by atomic mass is 10.3. The molecule has 2 rings (SSSR count). The van der Waals surface area contributed by atoms with Gasteiger partial charge in [0, 0.05) is 5.56 Å². The van der Waals surface area contributed by atoms with E-state index >= 15 is 0 Å². The first kappa shape index (κ1) is 7.41. The predicted octanol–water partition coefficient (Wildman–Crippen LogP) is -0.489. The number of hydrogen-bond donors (Lipinski definition) is 0. The Kier molecular flexibility index (Phi) is 1.31. The fraction of sp³-hybridized carbons (Fsp3) is 0.400. The van der Waals surface area contributed by atoms with Crippen LogP contribution in [-0.2, 0) is 16.8 Å². The molecule has 1 aliphatic rings. The summed E-state index contributed by atoms with van der Waals surface area (Å²) in [6, 6.07) is 0. The fourth-order valence-corrected chi connectivity index (χ4v) is 1.56. The van der Waals surface area contributed by atoms with Crippen LogP contribution in [0.1, 0.15) is 12.5 Å². The van der Waals surface area contributed by atoms with Gasteiger partial charge in [-0.25, -0.2) is 4.28 Å². The minimum absolute atomic E-state index is 0.101. The van der Waals surface area contributed by atoms with E-state index in [1.807, 2.05) is 6.92 Å². The predicted molar refractivity (Wildman–Crippen MR) is 37.7 cm³/mol. The van der Waals surface area contributed by atoms with E-state index in [0.717, 1.165) is 4.85 Å². The zero-order valence-electron chi connectivity index (χ0n) is 6.22. The highest BCUT2D eigenvalue weighted by Crippen LogP contribution is 2.21. The molecule has 0 saturated heterocycles. The molecule has 7 heteroatoms. The number of fused-ring (bicyclic) bond motifs is 2. The van der Waals surface area contributed by atoms with Gasteiger partial charge in [-0.2, -0.15) is 0 Å². The molecule has 0 aromatic carbocycles. The van der Waals surface area contributed by atoms with Gasteiger partial charge in [0.25, 0.3) is 5.88 Å². The maximum atomic E-state index is 10.8. The van der Waals surface area contributed by atoms with Crippen LogP contribution in [0.4, 0.5) is 0 Å². The highest BCUT2D eigenvalue weighted by Gasteiger charge is 2.27. The van der Waals surface area contributed by atoms with Crippen molar-refractivity contribution in [1.82, 2.24) is 9.94 Å². The Morgan fingerprint density at radius 3 is 3.08 bits per heavy atom. The van der Waals surface area contributed by atoms with Gasteiger partial charge in [0.2, 0.25) is 0 Å². The van der Waals surface area contributed by atoms with Gasteiger partial charge in [0.1, 0.15) is 0 Å². The van der Waals surface area contributed by atoms with E-state index in [-0.39, 0.29) is 5.88 Å². The Morgan fingerprint density at radius 2 is 2.42 bits per heavy atom. The molecule has 2 bridgehead atoms. The van der Waals surface area contributed by atoms with E-state index in [1.54, 1.807) is 0 Å². The normalized spacial score (nSPS) is 18.1. The maximum Gasteiger partial charge on any atom is 0.523 e. The SMILES string of the molecule is CCc1cn2nc1OS(=O)(=O)O2. The Balaban J connectivity index is 2.52. The van der Waals surface area contributed by atoms with E-state index in [9.17, 15) is 8.42 Å². The first-order chi connectivity index (χ1) is 5.61. The molecule has 66 valence electrons. The summed E-state index contributed by atoms with van der Waals surface area (Å²) in [5.41, 5.74) is 0.705. The van der Waals surface area contributed by atoms with Crippen molar-refractivity contribution < 1.29 is 16.9 Å². The highest BCUT2D eigenvalue weighted by atomic mass is 32.3. The molecule has 0 amide bonds. The molecule has 0 spiro atoms. The molecule has 0 saturated carbocycles. The Morgan fingerprint density at radius 1 is 1.67 bits per heavy atom. The van der Waals surface area contributed by atoms with Crippen LogP contribution in [-0.4, -0.2) is 18.4 Å². The molecule has 0 radical (unpaired) electrons. The molecule has 0 atom stereocenters. The lowest BCUT2D eigenvalue weighted by molar-refractivity contribution is 0.186. The standard InChI is InChI=1S/C5H6N2O4S/c1-2-4-3-7-6-5(4)10-12(8,9)11-7/h3H,2H2,1H3. The van der Waals surface area contributed by atoms with Crippen LogP contribution in [0.25, 0.3) is 0 Å².